The average Bonchev–Trinajstić information content (AvgIpc) is 2.42. The van der Waals surface area contributed by atoms with Gasteiger partial charge in [-0.3, -0.25) is 14.5 Å². The number of nitrogen functional groups attached to an aromatic ring is 1. The standard InChI is InChI=1S/C12H14FN3O4S/c1-16-11(17)5-4-10(12(16)18)15-21(19,20)7-2-3-8(13)9(14)6-7/h2-3,6,10,15H,4-5,14H2,1H3. The van der Waals surface area contributed by atoms with Gasteiger partial charge < -0.3 is 5.73 Å². The van der Waals surface area contributed by atoms with Crippen molar-refractivity contribution in [3.05, 3.63) is 24.0 Å². The fraction of sp³-hybridized carbons (Fsp3) is 0.333. The van der Waals surface area contributed by atoms with E-state index >= 15 is 0 Å². The lowest BCUT2D eigenvalue weighted by atomic mass is 10.1. The molecule has 21 heavy (non-hydrogen) atoms. The molecule has 2 rings (SSSR count). The summed E-state index contributed by atoms with van der Waals surface area (Å²) in [5.74, 6) is -1.71. The Morgan fingerprint density at radius 1 is 1.38 bits per heavy atom. The molecule has 7 nitrogen and oxygen atoms in total. The van der Waals surface area contributed by atoms with Crippen LogP contribution in [0.25, 0.3) is 0 Å². The molecule has 0 aliphatic carbocycles. The number of amides is 2. The Hall–Kier alpha value is -2.00. The number of rotatable bonds is 3. The summed E-state index contributed by atoms with van der Waals surface area (Å²) in [6, 6.07) is 1.93. The van der Waals surface area contributed by atoms with E-state index in [-0.39, 0.29) is 29.3 Å². The third-order valence-corrected chi connectivity index (χ3v) is 4.69. The Labute approximate surface area is 121 Å². The first kappa shape index (κ1) is 15.4. The molecule has 1 aromatic carbocycles. The molecule has 0 spiro atoms. The maximum absolute atomic E-state index is 13.1. The number of hydrogen-bond acceptors (Lipinski definition) is 5. The Morgan fingerprint density at radius 2 is 2.05 bits per heavy atom. The fourth-order valence-corrected chi connectivity index (χ4v) is 3.23. The molecule has 2 amide bonds. The number of halogens is 1. The van der Waals surface area contributed by atoms with Gasteiger partial charge in [-0.15, -0.1) is 0 Å². The van der Waals surface area contributed by atoms with Crippen LogP contribution in [0.1, 0.15) is 12.8 Å². The summed E-state index contributed by atoms with van der Waals surface area (Å²) >= 11 is 0. The van der Waals surface area contributed by atoms with Crippen LogP contribution in [0.2, 0.25) is 0 Å². The summed E-state index contributed by atoms with van der Waals surface area (Å²) in [5.41, 5.74) is 5.03. The molecule has 1 saturated heterocycles. The largest absolute Gasteiger partial charge is 0.396 e. The minimum Gasteiger partial charge on any atom is -0.396 e. The van der Waals surface area contributed by atoms with E-state index in [1.54, 1.807) is 0 Å². The van der Waals surface area contributed by atoms with Gasteiger partial charge in [0.2, 0.25) is 21.8 Å². The summed E-state index contributed by atoms with van der Waals surface area (Å²) in [6.07, 6.45) is 0.152. The molecular weight excluding hydrogens is 301 g/mol. The fourth-order valence-electron chi connectivity index (χ4n) is 1.97. The van der Waals surface area contributed by atoms with E-state index in [0.29, 0.717) is 0 Å². The van der Waals surface area contributed by atoms with Gasteiger partial charge in [-0.05, 0) is 24.6 Å². The molecule has 0 saturated carbocycles. The Morgan fingerprint density at radius 3 is 2.67 bits per heavy atom. The molecule has 1 aromatic rings. The maximum Gasteiger partial charge on any atom is 0.247 e. The topological polar surface area (TPSA) is 110 Å². The highest BCUT2D eigenvalue weighted by molar-refractivity contribution is 7.89. The second kappa shape index (κ2) is 5.41. The Balaban J connectivity index is 2.23. The first-order chi connectivity index (χ1) is 9.72. The van der Waals surface area contributed by atoms with E-state index in [9.17, 15) is 22.4 Å². The van der Waals surface area contributed by atoms with Crippen molar-refractivity contribution in [1.82, 2.24) is 9.62 Å². The van der Waals surface area contributed by atoms with Crippen LogP contribution in [0.15, 0.2) is 23.1 Å². The van der Waals surface area contributed by atoms with E-state index in [1.807, 2.05) is 0 Å². The lowest BCUT2D eigenvalue weighted by Gasteiger charge is -2.28. The number of nitrogens with zero attached hydrogens (tertiary/aromatic N) is 1. The van der Waals surface area contributed by atoms with E-state index in [0.717, 1.165) is 23.1 Å². The number of likely N-dealkylation sites (N-methyl/N-ethyl adjacent to an activating group) is 1. The summed E-state index contributed by atoms with van der Waals surface area (Å²) < 4.78 is 39.6. The number of hydrogen-bond donors (Lipinski definition) is 2. The molecule has 0 bridgehead atoms. The number of imide groups is 1. The molecule has 1 aliphatic heterocycles. The average molecular weight is 315 g/mol. The van der Waals surface area contributed by atoms with Crippen molar-refractivity contribution in [1.29, 1.82) is 0 Å². The van der Waals surface area contributed by atoms with Crippen molar-refractivity contribution < 1.29 is 22.4 Å². The highest BCUT2D eigenvalue weighted by Gasteiger charge is 2.34. The minimum atomic E-state index is -4.03. The smallest absolute Gasteiger partial charge is 0.247 e. The van der Waals surface area contributed by atoms with Crippen LogP contribution >= 0.6 is 0 Å². The molecule has 9 heteroatoms. The number of piperidine rings is 1. The second-order valence-electron chi connectivity index (χ2n) is 4.69. The lowest BCUT2D eigenvalue weighted by Crippen LogP contribution is -2.52. The van der Waals surface area contributed by atoms with Gasteiger partial charge in [0.05, 0.1) is 10.6 Å². The van der Waals surface area contributed by atoms with Crippen LogP contribution < -0.4 is 10.5 Å². The zero-order chi connectivity index (χ0) is 15.8. The monoisotopic (exact) mass is 315 g/mol. The SMILES string of the molecule is CN1C(=O)CCC(NS(=O)(=O)c2ccc(F)c(N)c2)C1=O. The van der Waals surface area contributed by atoms with Crippen LogP contribution in [0.3, 0.4) is 0 Å². The van der Waals surface area contributed by atoms with Crippen molar-refractivity contribution in [3.63, 3.8) is 0 Å². The number of nitrogens with two attached hydrogens (primary N) is 1. The van der Waals surface area contributed by atoms with Gasteiger partial charge >= 0.3 is 0 Å². The van der Waals surface area contributed by atoms with E-state index in [2.05, 4.69) is 4.72 Å². The normalized spacial score (nSPS) is 19.9. The summed E-state index contributed by atoms with van der Waals surface area (Å²) in [5, 5.41) is 0. The van der Waals surface area contributed by atoms with Gasteiger partial charge in [-0.25, -0.2) is 12.8 Å². The lowest BCUT2D eigenvalue weighted by molar-refractivity contribution is -0.147. The molecule has 0 radical (unpaired) electrons. The number of carbonyl (C=O) groups excluding carboxylic acids is 2. The van der Waals surface area contributed by atoms with Gasteiger partial charge in [0.1, 0.15) is 11.9 Å². The third-order valence-electron chi connectivity index (χ3n) is 3.22. The maximum atomic E-state index is 13.1. The number of likely N-dealkylation sites (tertiary alicyclic amines) is 1. The molecule has 1 aliphatic rings. The molecule has 1 unspecified atom stereocenters. The van der Waals surface area contributed by atoms with E-state index in [4.69, 9.17) is 5.73 Å². The van der Waals surface area contributed by atoms with E-state index < -0.39 is 27.8 Å². The van der Waals surface area contributed by atoms with Crippen molar-refractivity contribution in [3.8, 4) is 0 Å². The molecule has 1 heterocycles. The molecular formula is C12H14FN3O4S. The first-order valence-electron chi connectivity index (χ1n) is 6.10. The summed E-state index contributed by atoms with van der Waals surface area (Å²) in [6.45, 7) is 0. The molecule has 1 fully saturated rings. The second-order valence-corrected chi connectivity index (χ2v) is 6.40. The zero-order valence-electron chi connectivity index (χ0n) is 11.2. The predicted molar refractivity (Wildman–Crippen MR) is 71.9 cm³/mol. The molecule has 0 aromatic heterocycles. The van der Waals surface area contributed by atoms with Crippen LogP contribution in [0.4, 0.5) is 10.1 Å². The zero-order valence-corrected chi connectivity index (χ0v) is 12.0. The molecule has 3 N–H and O–H groups in total. The number of nitrogens with one attached hydrogen (secondary N) is 1. The van der Waals surface area contributed by atoms with Crippen LogP contribution in [-0.4, -0.2) is 38.2 Å². The van der Waals surface area contributed by atoms with Gasteiger partial charge in [-0.2, -0.15) is 4.72 Å². The van der Waals surface area contributed by atoms with Crippen molar-refractivity contribution in [2.45, 2.75) is 23.8 Å². The van der Waals surface area contributed by atoms with Gasteiger partial charge in [0, 0.05) is 13.5 Å². The summed E-state index contributed by atoms with van der Waals surface area (Å²) in [4.78, 5) is 23.8. The van der Waals surface area contributed by atoms with Crippen molar-refractivity contribution in [2.75, 3.05) is 12.8 Å². The third kappa shape index (κ3) is 3.03. The van der Waals surface area contributed by atoms with Crippen molar-refractivity contribution in [2.24, 2.45) is 0 Å². The summed E-state index contributed by atoms with van der Waals surface area (Å²) in [7, 11) is -2.74. The van der Waals surface area contributed by atoms with Gasteiger partial charge in [-0.1, -0.05) is 0 Å². The Bertz CT molecular complexity index is 704. The van der Waals surface area contributed by atoms with Crippen molar-refractivity contribution >= 4 is 27.5 Å². The van der Waals surface area contributed by atoms with Gasteiger partial charge in [0.15, 0.2) is 0 Å². The van der Waals surface area contributed by atoms with Crippen LogP contribution in [-0.2, 0) is 19.6 Å². The van der Waals surface area contributed by atoms with E-state index in [1.165, 1.54) is 7.05 Å². The molecule has 1 atom stereocenters. The highest BCUT2D eigenvalue weighted by Crippen LogP contribution is 2.19. The number of carbonyl (C=O) groups is 2. The van der Waals surface area contributed by atoms with Crippen LogP contribution in [0, 0.1) is 5.82 Å². The predicted octanol–water partition coefficient (Wildman–Crippen LogP) is -0.166. The number of anilines is 1. The van der Waals surface area contributed by atoms with Gasteiger partial charge in [0.25, 0.3) is 0 Å². The number of sulfonamides is 1. The highest BCUT2D eigenvalue weighted by atomic mass is 32.2. The first-order valence-corrected chi connectivity index (χ1v) is 7.58. The number of benzene rings is 1. The minimum absolute atomic E-state index is 0.0704. The Kier molecular flexibility index (Phi) is 3.97. The quantitative estimate of drug-likeness (QED) is 0.594. The van der Waals surface area contributed by atoms with Crippen LogP contribution in [0.5, 0.6) is 0 Å². The molecule has 114 valence electrons.